The van der Waals surface area contributed by atoms with Crippen LogP contribution in [0.2, 0.25) is 0 Å². The van der Waals surface area contributed by atoms with Crippen LogP contribution in [0.15, 0.2) is 34.5 Å². The lowest BCUT2D eigenvalue weighted by Crippen LogP contribution is -2.34. The third-order valence-electron chi connectivity index (χ3n) is 5.80. The molecule has 30 heavy (non-hydrogen) atoms. The maximum absolute atomic E-state index is 12.3. The van der Waals surface area contributed by atoms with E-state index >= 15 is 0 Å². The van der Waals surface area contributed by atoms with Gasteiger partial charge in [0.2, 0.25) is 0 Å². The van der Waals surface area contributed by atoms with Gasteiger partial charge in [0.05, 0.1) is 0 Å². The largest absolute Gasteiger partial charge is 0.303 e. The number of likely N-dealkylation sites (tertiary alicyclic amines) is 2. The van der Waals surface area contributed by atoms with Crippen molar-refractivity contribution in [2.24, 2.45) is 10.2 Å². The number of nitrogens with zero attached hydrogens (tertiary/aromatic N) is 4. The fraction of sp³-hybridized carbons (Fsp3) is 0.545. The highest BCUT2D eigenvalue weighted by molar-refractivity contribution is 5.99. The first-order valence-electron chi connectivity index (χ1n) is 10.8. The van der Waals surface area contributed by atoms with E-state index in [1.807, 2.05) is 0 Å². The van der Waals surface area contributed by atoms with Crippen LogP contribution in [0.4, 0.5) is 0 Å². The smallest absolute Gasteiger partial charge is 0.271 e. The summed E-state index contributed by atoms with van der Waals surface area (Å²) < 4.78 is 0. The predicted molar refractivity (Wildman–Crippen MR) is 119 cm³/mol. The van der Waals surface area contributed by atoms with Gasteiger partial charge in [-0.25, -0.2) is 10.9 Å². The number of carbonyl (C=O) groups is 2. The molecule has 162 valence electrons. The van der Waals surface area contributed by atoms with Crippen molar-refractivity contribution in [2.45, 2.75) is 39.5 Å². The van der Waals surface area contributed by atoms with Crippen LogP contribution in [0.3, 0.4) is 0 Å². The molecule has 0 saturated carbocycles. The van der Waals surface area contributed by atoms with E-state index in [1.165, 1.54) is 0 Å². The van der Waals surface area contributed by atoms with E-state index in [0.717, 1.165) is 76.4 Å². The molecule has 2 aliphatic rings. The molecule has 8 heteroatoms. The third kappa shape index (κ3) is 6.21. The SMILES string of the molecule is CCN1CCC(=NNC(=O)c2ccc(C(=O)NN=C3CCN(CC)CC3)cc2)CC1. The van der Waals surface area contributed by atoms with Crippen molar-refractivity contribution in [3.8, 4) is 0 Å². The molecule has 2 aliphatic heterocycles. The number of hydrogen-bond acceptors (Lipinski definition) is 6. The summed E-state index contributed by atoms with van der Waals surface area (Å²) in [6.07, 6.45) is 3.52. The quantitative estimate of drug-likeness (QED) is 0.700. The van der Waals surface area contributed by atoms with Crippen molar-refractivity contribution in [1.82, 2.24) is 20.7 Å². The lowest BCUT2D eigenvalue weighted by Gasteiger charge is -2.25. The zero-order chi connectivity index (χ0) is 21.3. The highest BCUT2D eigenvalue weighted by Gasteiger charge is 2.15. The number of carbonyl (C=O) groups excluding carboxylic acids is 2. The van der Waals surface area contributed by atoms with Crippen LogP contribution in [-0.2, 0) is 0 Å². The summed E-state index contributed by atoms with van der Waals surface area (Å²) >= 11 is 0. The Morgan fingerprint density at radius 3 is 1.37 bits per heavy atom. The molecule has 0 radical (unpaired) electrons. The highest BCUT2D eigenvalue weighted by atomic mass is 16.2. The predicted octanol–water partition coefficient (Wildman–Crippen LogP) is 2.09. The van der Waals surface area contributed by atoms with Gasteiger partial charge < -0.3 is 9.80 Å². The van der Waals surface area contributed by atoms with E-state index in [-0.39, 0.29) is 11.8 Å². The van der Waals surface area contributed by atoms with Crippen LogP contribution >= 0.6 is 0 Å². The van der Waals surface area contributed by atoms with Crippen molar-refractivity contribution < 1.29 is 9.59 Å². The minimum Gasteiger partial charge on any atom is -0.303 e. The lowest BCUT2D eigenvalue weighted by molar-refractivity contribution is 0.0942. The topological polar surface area (TPSA) is 89.4 Å². The molecule has 0 bridgehead atoms. The third-order valence-corrected chi connectivity index (χ3v) is 5.80. The van der Waals surface area contributed by atoms with E-state index in [4.69, 9.17) is 0 Å². The second-order valence-electron chi connectivity index (χ2n) is 7.68. The van der Waals surface area contributed by atoms with E-state index in [2.05, 4.69) is 44.7 Å². The first kappa shape index (κ1) is 22.1. The number of nitrogens with one attached hydrogen (secondary N) is 2. The molecular weight excluding hydrogens is 380 g/mol. The van der Waals surface area contributed by atoms with Crippen LogP contribution in [0.25, 0.3) is 0 Å². The van der Waals surface area contributed by atoms with Crippen LogP contribution in [0.1, 0.15) is 60.2 Å². The van der Waals surface area contributed by atoms with Crippen molar-refractivity contribution >= 4 is 23.2 Å². The Bertz CT molecular complexity index is 715. The molecule has 8 nitrogen and oxygen atoms in total. The number of benzene rings is 1. The number of piperidine rings is 2. The molecule has 3 rings (SSSR count). The minimum absolute atomic E-state index is 0.268. The molecule has 0 spiro atoms. The maximum atomic E-state index is 12.3. The average Bonchev–Trinajstić information content (AvgIpc) is 2.81. The summed E-state index contributed by atoms with van der Waals surface area (Å²) in [4.78, 5) is 29.4. The summed E-state index contributed by atoms with van der Waals surface area (Å²) in [7, 11) is 0. The summed E-state index contributed by atoms with van der Waals surface area (Å²) in [5.41, 5.74) is 8.25. The molecule has 1 aromatic carbocycles. The van der Waals surface area contributed by atoms with Gasteiger partial charge in [-0.15, -0.1) is 0 Å². The van der Waals surface area contributed by atoms with Crippen molar-refractivity contribution in [2.75, 3.05) is 39.3 Å². The number of hydrazone groups is 2. The number of hydrogen-bond donors (Lipinski definition) is 2. The molecule has 2 heterocycles. The van der Waals surface area contributed by atoms with Crippen LogP contribution in [0, 0.1) is 0 Å². The monoisotopic (exact) mass is 412 g/mol. The fourth-order valence-electron chi connectivity index (χ4n) is 3.64. The first-order valence-corrected chi connectivity index (χ1v) is 10.8. The molecular formula is C22H32N6O2. The van der Waals surface area contributed by atoms with Gasteiger partial charge in [-0.1, -0.05) is 13.8 Å². The molecule has 1 aromatic rings. The second kappa shape index (κ2) is 11.0. The molecule has 2 fully saturated rings. The van der Waals surface area contributed by atoms with Crippen LogP contribution in [0.5, 0.6) is 0 Å². The Kier molecular flexibility index (Phi) is 8.10. The molecule has 0 aliphatic carbocycles. The Morgan fingerprint density at radius 1 is 0.733 bits per heavy atom. The van der Waals surface area contributed by atoms with Gasteiger partial charge in [0.15, 0.2) is 0 Å². The summed E-state index contributed by atoms with van der Waals surface area (Å²) in [6, 6.07) is 6.54. The average molecular weight is 413 g/mol. The zero-order valence-electron chi connectivity index (χ0n) is 18.0. The maximum Gasteiger partial charge on any atom is 0.271 e. The van der Waals surface area contributed by atoms with Gasteiger partial charge in [-0.3, -0.25) is 9.59 Å². The molecule has 0 atom stereocenters. The van der Waals surface area contributed by atoms with Gasteiger partial charge >= 0.3 is 0 Å². The minimum atomic E-state index is -0.268. The molecule has 0 aromatic heterocycles. The normalized spacial score (nSPS) is 18.1. The highest BCUT2D eigenvalue weighted by Crippen LogP contribution is 2.09. The van der Waals surface area contributed by atoms with E-state index in [0.29, 0.717) is 11.1 Å². The summed E-state index contributed by atoms with van der Waals surface area (Å²) in [6.45, 7) is 10.3. The van der Waals surface area contributed by atoms with Crippen molar-refractivity contribution in [3.05, 3.63) is 35.4 Å². The standard InChI is InChI=1S/C22H32N6O2/c1-3-27-13-9-19(10-14-27)23-25-21(29)17-5-7-18(8-6-17)22(30)26-24-20-11-15-28(4-2)16-12-20/h5-8H,3-4,9-16H2,1-2H3,(H,25,29)(H,26,30). The fourth-order valence-corrected chi connectivity index (χ4v) is 3.64. The van der Waals surface area contributed by atoms with Crippen LogP contribution in [-0.4, -0.2) is 72.3 Å². The molecule has 0 unspecified atom stereocenters. The van der Waals surface area contributed by atoms with Crippen molar-refractivity contribution in [3.63, 3.8) is 0 Å². The molecule has 2 saturated heterocycles. The second-order valence-corrected chi connectivity index (χ2v) is 7.68. The summed E-state index contributed by atoms with van der Waals surface area (Å²) in [5, 5.41) is 8.54. The van der Waals surface area contributed by atoms with Gasteiger partial charge in [-0.05, 0) is 37.4 Å². The number of rotatable bonds is 6. The van der Waals surface area contributed by atoms with E-state index < -0.39 is 0 Å². The van der Waals surface area contributed by atoms with Gasteiger partial charge in [0.25, 0.3) is 11.8 Å². The van der Waals surface area contributed by atoms with Crippen molar-refractivity contribution in [1.29, 1.82) is 0 Å². The number of amides is 2. The first-order chi connectivity index (χ1) is 14.6. The van der Waals surface area contributed by atoms with E-state index in [1.54, 1.807) is 24.3 Å². The van der Waals surface area contributed by atoms with Gasteiger partial charge in [0, 0.05) is 74.4 Å². The Balaban J connectivity index is 1.48. The Labute approximate surface area is 178 Å². The lowest BCUT2D eigenvalue weighted by atomic mass is 10.1. The summed E-state index contributed by atoms with van der Waals surface area (Å²) in [5.74, 6) is -0.536. The van der Waals surface area contributed by atoms with E-state index in [9.17, 15) is 9.59 Å². The Hall–Kier alpha value is -2.58. The zero-order valence-corrected chi connectivity index (χ0v) is 18.0. The molecule has 2 N–H and O–H groups in total. The van der Waals surface area contributed by atoms with Gasteiger partial charge in [-0.2, -0.15) is 10.2 Å². The molecule has 2 amide bonds. The Morgan fingerprint density at radius 2 is 1.07 bits per heavy atom. The van der Waals surface area contributed by atoms with Crippen LogP contribution < -0.4 is 10.9 Å². The van der Waals surface area contributed by atoms with Gasteiger partial charge in [0.1, 0.15) is 0 Å².